The number of benzene rings is 2. The van der Waals surface area contributed by atoms with Crippen molar-refractivity contribution < 1.29 is 29.6 Å². The van der Waals surface area contributed by atoms with Crippen molar-refractivity contribution in [1.29, 1.82) is 0 Å². The predicted molar refractivity (Wildman–Crippen MR) is 87.0 cm³/mol. The van der Waals surface area contributed by atoms with Crippen LogP contribution in [0.25, 0.3) is 11.0 Å². The van der Waals surface area contributed by atoms with Crippen molar-refractivity contribution in [3.8, 4) is 23.0 Å². The highest BCUT2D eigenvalue weighted by molar-refractivity contribution is 5.87. The topological polar surface area (TPSA) is 120 Å². The molecule has 0 saturated heterocycles. The number of rotatable bonds is 1. The van der Waals surface area contributed by atoms with Gasteiger partial charge in [0, 0.05) is 24.1 Å². The minimum absolute atomic E-state index is 0.0533. The highest BCUT2D eigenvalue weighted by Crippen LogP contribution is 2.44. The fourth-order valence-electron chi connectivity index (χ4n) is 3.10. The Morgan fingerprint density at radius 2 is 1.80 bits per heavy atom. The SMILES string of the molecule is O=c1ccoc2cc(O)c3c(c12)O[C@@H](c1ccc(O)c(O)c1)[C@H](O)C3. The van der Waals surface area contributed by atoms with Gasteiger partial charge in [0.05, 0.1) is 12.4 Å². The molecular formula is C18H14O7. The molecule has 128 valence electrons. The summed E-state index contributed by atoms with van der Waals surface area (Å²) in [6, 6.07) is 6.63. The van der Waals surface area contributed by atoms with Crippen LogP contribution in [0, 0.1) is 0 Å². The molecule has 0 fully saturated rings. The summed E-state index contributed by atoms with van der Waals surface area (Å²) in [5.41, 5.74) is 0.580. The van der Waals surface area contributed by atoms with Crippen LogP contribution in [0.5, 0.6) is 23.0 Å². The van der Waals surface area contributed by atoms with Crippen LogP contribution >= 0.6 is 0 Å². The first-order valence-electron chi connectivity index (χ1n) is 7.58. The van der Waals surface area contributed by atoms with Crippen LogP contribution in [0.3, 0.4) is 0 Å². The summed E-state index contributed by atoms with van der Waals surface area (Å²) in [6.07, 6.45) is -0.624. The lowest BCUT2D eigenvalue weighted by molar-refractivity contribution is 0.0210. The molecule has 1 aromatic heterocycles. The fourth-order valence-corrected chi connectivity index (χ4v) is 3.10. The molecule has 0 aliphatic carbocycles. The van der Waals surface area contributed by atoms with Crippen molar-refractivity contribution in [1.82, 2.24) is 0 Å². The first-order chi connectivity index (χ1) is 12.0. The van der Waals surface area contributed by atoms with Crippen molar-refractivity contribution >= 4 is 11.0 Å². The zero-order valence-corrected chi connectivity index (χ0v) is 12.8. The summed E-state index contributed by atoms with van der Waals surface area (Å²) < 4.78 is 11.1. The first-order valence-corrected chi connectivity index (χ1v) is 7.58. The quantitative estimate of drug-likeness (QED) is 0.499. The summed E-state index contributed by atoms with van der Waals surface area (Å²) in [6.45, 7) is 0. The third-order valence-corrected chi connectivity index (χ3v) is 4.32. The van der Waals surface area contributed by atoms with Gasteiger partial charge in [0.15, 0.2) is 16.9 Å². The van der Waals surface area contributed by atoms with E-state index < -0.39 is 12.2 Å². The lowest BCUT2D eigenvalue weighted by atomic mass is 9.92. The molecule has 2 heterocycles. The largest absolute Gasteiger partial charge is 0.507 e. The molecule has 1 aliphatic rings. The van der Waals surface area contributed by atoms with Crippen molar-refractivity contribution in [3.05, 3.63) is 57.9 Å². The average molecular weight is 342 g/mol. The number of hydrogen-bond donors (Lipinski definition) is 4. The molecule has 4 N–H and O–H groups in total. The Morgan fingerprint density at radius 3 is 2.56 bits per heavy atom. The lowest BCUT2D eigenvalue weighted by Crippen LogP contribution is -2.31. The van der Waals surface area contributed by atoms with Crippen molar-refractivity contribution in [2.24, 2.45) is 0 Å². The Hall–Kier alpha value is -3.19. The van der Waals surface area contributed by atoms with Crippen LogP contribution in [-0.4, -0.2) is 26.5 Å². The van der Waals surface area contributed by atoms with Crippen molar-refractivity contribution in [3.63, 3.8) is 0 Å². The van der Waals surface area contributed by atoms with Gasteiger partial charge in [0.25, 0.3) is 0 Å². The fraction of sp³-hybridized carbons (Fsp3) is 0.167. The number of aliphatic hydroxyl groups excluding tert-OH is 1. The Kier molecular flexibility index (Phi) is 3.33. The molecule has 2 atom stereocenters. The van der Waals surface area contributed by atoms with Gasteiger partial charge in [0.2, 0.25) is 0 Å². The number of hydrogen-bond acceptors (Lipinski definition) is 7. The maximum atomic E-state index is 12.2. The molecule has 7 heteroatoms. The van der Waals surface area contributed by atoms with Gasteiger partial charge in [-0.2, -0.15) is 0 Å². The van der Waals surface area contributed by atoms with Crippen LogP contribution in [-0.2, 0) is 6.42 Å². The second-order valence-electron chi connectivity index (χ2n) is 5.92. The van der Waals surface area contributed by atoms with E-state index in [1.54, 1.807) is 0 Å². The molecular weight excluding hydrogens is 328 g/mol. The molecule has 0 spiro atoms. The molecule has 25 heavy (non-hydrogen) atoms. The number of fused-ring (bicyclic) bond motifs is 3. The van der Waals surface area contributed by atoms with Crippen LogP contribution < -0.4 is 10.2 Å². The van der Waals surface area contributed by atoms with Gasteiger partial charge in [-0.1, -0.05) is 6.07 Å². The maximum absolute atomic E-state index is 12.2. The van der Waals surface area contributed by atoms with Crippen LogP contribution in [0.2, 0.25) is 0 Å². The zero-order chi connectivity index (χ0) is 17.7. The van der Waals surface area contributed by atoms with Gasteiger partial charge in [-0.15, -0.1) is 0 Å². The molecule has 7 nitrogen and oxygen atoms in total. The van der Waals surface area contributed by atoms with Crippen molar-refractivity contribution in [2.75, 3.05) is 0 Å². The Balaban J connectivity index is 1.90. The van der Waals surface area contributed by atoms with Crippen LogP contribution in [0.15, 0.2) is 45.8 Å². The van der Waals surface area contributed by atoms with Crippen LogP contribution in [0.4, 0.5) is 0 Å². The van der Waals surface area contributed by atoms with E-state index in [0.717, 1.165) is 0 Å². The van der Waals surface area contributed by atoms with E-state index in [-0.39, 0.29) is 45.8 Å². The van der Waals surface area contributed by atoms with Gasteiger partial charge in [-0.3, -0.25) is 4.79 Å². The lowest BCUT2D eigenvalue weighted by Gasteiger charge is -2.31. The van der Waals surface area contributed by atoms with Gasteiger partial charge < -0.3 is 29.6 Å². The minimum atomic E-state index is -1.02. The van der Waals surface area contributed by atoms with E-state index in [1.165, 1.54) is 36.6 Å². The molecule has 0 amide bonds. The molecule has 2 aromatic carbocycles. The van der Waals surface area contributed by atoms with E-state index in [9.17, 15) is 25.2 Å². The normalized spacial score (nSPS) is 19.4. The number of aliphatic hydroxyl groups is 1. The van der Waals surface area contributed by atoms with Crippen molar-refractivity contribution in [2.45, 2.75) is 18.6 Å². The molecule has 0 radical (unpaired) electrons. The Morgan fingerprint density at radius 1 is 1.00 bits per heavy atom. The monoisotopic (exact) mass is 342 g/mol. The zero-order valence-electron chi connectivity index (χ0n) is 12.8. The van der Waals surface area contributed by atoms with Gasteiger partial charge in [0.1, 0.15) is 28.6 Å². The molecule has 3 aromatic rings. The minimum Gasteiger partial charge on any atom is -0.507 e. The third-order valence-electron chi connectivity index (χ3n) is 4.32. The first kappa shape index (κ1) is 15.3. The standard InChI is InChI=1S/C18H14O7/c19-10-2-1-8(5-13(10)22)17-14(23)6-9-12(21)7-15-16(18(9)25-17)11(20)3-4-24-15/h1-5,7,14,17,19,21-23H,6H2/t14-,17+/m1/s1. The third kappa shape index (κ3) is 2.36. The maximum Gasteiger partial charge on any atom is 0.196 e. The average Bonchev–Trinajstić information content (AvgIpc) is 2.57. The van der Waals surface area contributed by atoms with E-state index in [4.69, 9.17) is 9.15 Å². The smallest absolute Gasteiger partial charge is 0.196 e. The summed E-state index contributed by atoms with van der Waals surface area (Å²) in [7, 11) is 0. The molecule has 1 aliphatic heterocycles. The van der Waals surface area contributed by atoms with E-state index >= 15 is 0 Å². The van der Waals surface area contributed by atoms with E-state index in [2.05, 4.69) is 0 Å². The number of ether oxygens (including phenoxy) is 1. The number of phenolic OH excluding ortho intramolecular Hbond substituents is 3. The highest BCUT2D eigenvalue weighted by Gasteiger charge is 2.34. The Labute approximate surface area is 141 Å². The Bertz CT molecular complexity index is 1040. The summed E-state index contributed by atoms with van der Waals surface area (Å²) in [5.74, 6) is -0.632. The van der Waals surface area contributed by atoms with E-state index in [1.807, 2.05) is 0 Å². The van der Waals surface area contributed by atoms with E-state index in [0.29, 0.717) is 11.1 Å². The predicted octanol–water partition coefficient (Wildman–Crippen LogP) is 1.95. The van der Waals surface area contributed by atoms with Gasteiger partial charge in [-0.05, 0) is 17.7 Å². The molecule has 0 saturated carbocycles. The van der Waals surface area contributed by atoms with Gasteiger partial charge >= 0.3 is 0 Å². The second kappa shape index (κ2) is 5.42. The molecule has 4 rings (SSSR count). The van der Waals surface area contributed by atoms with Crippen LogP contribution in [0.1, 0.15) is 17.2 Å². The summed E-state index contributed by atoms with van der Waals surface area (Å²) >= 11 is 0. The summed E-state index contributed by atoms with van der Waals surface area (Å²) in [5, 5.41) is 39.9. The number of aromatic hydroxyl groups is 3. The number of phenols is 3. The molecule has 0 unspecified atom stereocenters. The molecule has 0 bridgehead atoms. The summed E-state index contributed by atoms with van der Waals surface area (Å²) in [4.78, 5) is 12.2. The highest BCUT2D eigenvalue weighted by atomic mass is 16.5. The van der Waals surface area contributed by atoms with Gasteiger partial charge in [-0.25, -0.2) is 0 Å². The second-order valence-corrected chi connectivity index (χ2v) is 5.92.